The summed E-state index contributed by atoms with van der Waals surface area (Å²) in [6.07, 6.45) is 0.207. The highest BCUT2D eigenvalue weighted by Crippen LogP contribution is 2.35. The number of methoxy groups -OCH3 is 2. The molecule has 2 amide bonds. The SMILES string of the molecule is COc1ccc(N2CC(C(=O)NCCN3CCOCC3)CC2=O)c(OC)c1. The molecule has 8 nitrogen and oxygen atoms in total. The lowest BCUT2D eigenvalue weighted by atomic mass is 10.1. The van der Waals surface area contributed by atoms with Crippen molar-refractivity contribution in [3.8, 4) is 11.5 Å². The van der Waals surface area contributed by atoms with Crippen LogP contribution in [0.25, 0.3) is 0 Å². The van der Waals surface area contributed by atoms with E-state index in [1.54, 1.807) is 37.3 Å². The molecule has 2 aliphatic rings. The van der Waals surface area contributed by atoms with Gasteiger partial charge in [0, 0.05) is 45.2 Å². The van der Waals surface area contributed by atoms with Crippen molar-refractivity contribution in [2.75, 3.05) is 65.1 Å². The van der Waals surface area contributed by atoms with E-state index >= 15 is 0 Å². The molecule has 1 atom stereocenters. The lowest BCUT2D eigenvalue weighted by Crippen LogP contribution is -2.42. The first-order chi connectivity index (χ1) is 13.1. The van der Waals surface area contributed by atoms with E-state index in [4.69, 9.17) is 14.2 Å². The molecule has 2 heterocycles. The van der Waals surface area contributed by atoms with Crippen LogP contribution in [-0.2, 0) is 14.3 Å². The summed E-state index contributed by atoms with van der Waals surface area (Å²) >= 11 is 0. The molecule has 3 rings (SSSR count). The molecule has 2 aliphatic heterocycles. The largest absolute Gasteiger partial charge is 0.497 e. The average molecular weight is 377 g/mol. The number of carbonyl (C=O) groups excluding carboxylic acids is 2. The lowest BCUT2D eigenvalue weighted by Gasteiger charge is -2.26. The van der Waals surface area contributed by atoms with E-state index in [2.05, 4.69) is 10.2 Å². The Morgan fingerprint density at radius 3 is 2.74 bits per heavy atom. The molecule has 0 radical (unpaired) electrons. The molecule has 1 N–H and O–H groups in total. The molecule has 0 saturated carbocycles. The summed E-state index contributed by atoms with van der Waals surface area (Å²) in [6.45, 7) is 4.99. The molecule has 27 heavy (non-hydrogen) atoms. The van der Waals surface area contributed by atoms with Crippen LogP contribution in [0, 0.1) is 5.92 Å². The van der Waals surface area contributed by atoms with Crippen LogP contribution >= 0.6 is 0 Å². The van der Waals surface area contributed by atoms with Gasteiger partial charge in [-0.25, -0.2) is 0 Å². The molecular formula is C19H27N3O5. The fourth-order valence-corrected chi connectivity index (χ4v) is 3.43. The molecular weight excluding hydrogens is 350 g/mol. The smallest absolute Gasteiger partial charge is 0.227 e. The van der Waals surface area contributed by atoms with Crippen LogP contribution in [0.2, 0.25) is 0 Å². The number of ether oxygens (including phenoxy) is 3. The zero-order valence-electron chi connectivity index (χ0n) is 15.9. The van der Waals surface area contributed by atoms with Crippen molar-refractivity contribution in [3.63, 3.8) is 0 Å². The highest BCUT2D eigenvalue weighted by Gasteiger charge is 2.36. The van der Waals surface area contributed by atoms with Crippen LogP contribution in [0.3, 0.4) is 0 Å². The summed E-state index contributed by atoms with van der Waals surface area (Å²) in [5.41, 5.74) is 0.659. The zero-order chi connectivity index (χ0) is 19.2. The summed E-state index contributed by atoms with van der Waals surface area (Å²) in [4.78, 5) is 28.8. The quantitative estimate of drug-likeness (QED) is 0.746. The van der Waals surface area contributed by atoms with Crippen LogP contribution in [0.15, 0.2) is 18.2 Å². The molecule has 1 aromatic carbocycles. The lowest BCUT2D eigenvalue weighted by molar-refractivity contribution is -0.126. The molecule has 2 fully saturated rings. The van der Waals surface area contributed by atoms with Crippen molar-refractivity contribution in [2.24, 2.45) is 5.92 Å². The van der Waals surface area contributed by atoms with Crippen LogP contribution in [0.1, 0.15) is 6.42 Å². The molecule has 0 aromatic heterocycles. The van der Waals surface area contributed by atoms with E-state index in [-0.39, 0.29) is 24.2 Å². The number of amides is 2. The fraction of sp³-hybridized carbons (Fsp3) is 0.579. The Labute approximate surface area is 159 Å². The number of carbonyl (C=O) groups is 2. The third-order valence-corrected chi connectivity index (χ3v) is 5.00. The van der Waals surface area contributed by atoms with Gasteiger partial charge in [-0.3, -0.25) is 14.5 Å². The molecule has 0 spiro atoms. The van der Waals surface area contributed by atoms with Gasteiger partial charge in [-0.15, -0.1) is 0 Å². The first kappa shape index (κ1) is 19.4. The minimum absolute atomic E-state index is 0.0770. The van der Waals surface area contributed by atoms with Crippen molar-refractivity contribution < 1.29 is 23.8 Å². The summed E-state index contributed by atoms with van der Waals surface area (Å²) in [5, 5.41) is 2.96. The maximum Gasteiger partial charge on any atom is 0.227 e. The van der Waals surface area contributed by atoms with Gasteiger partial charge in [0.1, 0.15) is 11.5 Å². The number of morpholine rings is 1. The van der Waals surface area contributed by atoms with Crippen molar-refractivity contribution in [2.45, 2.75) is 6.42 Å². The van der Waals surface area contributed by atoms with E-state index in [9.17, 15) is 9.59 Å². The Morgan fingerprint density at radius 2 is 2.04 bits per heavy atom. The van der Waals surface area contributed by atoms with Gasteiger partial charge in [-0.1, -0.05) is 0 Å². The van der Waals surface area contributed by atoms with Crippen LogP contribution in [0.5, 0.6) is 11.5 Å². The van der Waals surface area contributed by atoms with E-state index < -0.39 is 0 Å². The van der Waals surface area contributed by atoms with Gasteiger partial charge < -0.3 is 24.4 Å². The summed E-state index contributed by atoms with van der Waals surface area (Å²) in [6, 6.07) is 5.30. The predicted molar refractivity (Wildman–Crippen MR) is 100 cm³/mol. The number of anilines is 1. The van der Waals surface area contributed by atoms with Gasteiger partial charge in [0.15, 0.2) is 0 Å². The third kappa shape index (κ3) is 4.70. The normalized spacial score (nSPS) is 20.6. The topological polar surface area (TPSA) is 80.3 Å². The number of rotatable bonds is 7. The summed E-state index contributed by atoms with van der Waals surface area (Å²) < 4.78 is 15.9. The van der Waals surface area contributed by atoms with Gasteiger partial charge in [0.05, 0.1) is 39.0 Å². The average Bonchev–Trinajstić information content (AvgIpc) is 3.09. The summed E-state index contributed by atoms with van der Waals surface area (Å²) in [7, 11) is 3.13. The van der Waals surface area contributed by atoms with Crippen molar-refractivity contribution >= 4 is 17.5 Å². The number of nitrogens with zero attached hydrogens (tertiary/aromatic N) is 2. The summed E-state index contributed by atoms with van der Waals surface area (Å²) in [5.74, 6) is 0.697. The monoisotopic (exact) mass is 377 g/mol. The molecule has 8 heteroatoms. The van der Waals surface area contributed by atoms with E-state index in [1.165, 1.54) is 0 Å². The van der Waals surface area contributed by atoms with Crippen LogP contribution in [-0.4, -0.2) is 76.9 Å². The van der Waals surface area contributed by atoms with Crippen molar-refractivity contribution in [1.82, 2.24) is 10.2 Å². The molecule has 2 saturated heterocycles. The molecule has 0 bridgehead atoms. The Bertz CT molecular complexity index is 675. The molecule has 1 aromatic rings. The second-order valence-electron chi connectivity index (χ2n) is 6.69. The molecule has 0 aliphatic carbocycles. The van der Waals surface area contributed by atoms with Crippen LogP contribution < -0.4 is 19.7 Å². The van der Waals surface area contributed by atoms with E-state index in [0.717, 1.165) is 32.8 Å². The maximum atomic E-state index is 12.5. The number of hydrogen-bond acceptors (Lipinski definition) is 6. The van der Waals surface area contributed by atoms with Gasteiger partial charge >= 0.3 is 0 Å². The Balaban J connectivity index is 1.55. The van der Waals surface area contributed by atoms with E-state index in [0.29, 0.717) is 30.3 Å². The number of nitrogens with one attached hydrogen (secondary N) is 1. The standard InChI is InChI=1S/C19H27N3O5/c1-25-15-3-4-16(17(12-15)26-2)22-13-14(11-18(22)23)19(24)20-5-6-21-7-9-27-10-8-21/h3-4,12,14H,5-11,13H2,1-2H3,(H,20,24). The first-order valence-electron chi connectivity index (χ1n) is 9.22. The highest BCUT2D eigenvalue weighted by molar-refractivity contribution is 6.01. The first-order valence-corrected chi connectivity index (χ1v) is 9.22. The van der Waals surface area contributed by atoms with E-state index in [1.807, 2.05) is 0 Å². The highest BCUT2D eigenvalue weighted by atomic mass is 16.5. The number of benzene rings is 1. The Hall–Kier alpha value is -2.32. The Morgan fingerprint density at radius 1 is 1.26 bits per heavy atom. The minimum Gasteiger partial charge on any atom is -0.497 e. The number of hydrogen-bond donors (Lipinski definition) is 1. The van der Waals surface area contributed by atoms with Crippen molar-refractivity contribution in [3.05, 3.63) is 18.2 Å². The van der Waals surface area contributed by atoms with Gasteiger partial charge in [-0.05, 0) is 12.1 Å². The predicted octanol–water partition coefficient (Wildman–Crippen LogP) is 0.505. The van der Waals surface area contributed by atoms with Gasteiger partial charge in [0.2, 0.25) is 11.8 Å². The van der Waals surface area contributed by atoms with Gasteiger partial charge in [0.25, 0.3) is 0 Å². The second-order valence-corrected chi connectivity index (χ2v) is 6.69. The Kier molecular flexibility index (Phi) is 6.52. The van der Waals surface area contributed by atoms with Gasteiger partial charge in [-0.2, -0.15) is 0 Å². The zero-order valence-corrected chi connectivity index (χ0v) is 15.9. The molecule has 1 unspecified atom stereocenters. The third-order valence-electron chi connectivity index (χ3n) is 5.00. The second kappa shape index (κ2) is 9.05. The van der Waals surface area contributed by atoms with Crippen LogP contribution in [0.4, 0.5) is 5.69 Å². The molecule has 148 valence electrons. The maximum absolute atomic E-state index is 12.5. The van der Waals surface area contributed by atoms with Crippen molar-refractivity contribution in [1.29, 1.82) is 0 Å². The minimum atomic E-state index is -0.353. The fourth-order valence-electron chi connectivity index (χ4n) is 3.43.